The Labute approximate surface area is 148 Å². The number of pyridine rings is 1. The van der Waals surface area contributed by atoms with Gasteiger partial charge in [-0.3, -0.25) is 4.79 Å². The number of para-hydroxylation sites is 1. The number of hydrogen-bond acceptors (Lipinski definition) is 4. The normalized spacial score (nSPS) is 10.8. The molecule has 4 aromatic rings. The molecule has 0 unspecified atom stereocenters. The first-order valence-electron chi connectivity index (χ1n) is 8.01. The first-order valence-corrected chi connectivity index (χ1v) is 8.01. The molecule has 2 aromatic heterocycles. The second-order valence-electron chi connectivity index (χ2n) is 5.83. The van der Waals surface area contributed by atoms with E-state index >= 15 is 0 Å². The van der Waals surface area contributed by atoms with Crippen molar-refractivity contribution >= 4 is 22.7 Å². The van der Waals surface area contributed by atoms with Crippen LogP contribution in [-0.4, -0.2) is 16.0 Å². The quantitative estimate of drug-likeness (QED) is 0.588. The average molecular weight is 347 g/mol. The van der Waals surface area contributed by atoms with Gasteiger partial charge in [0.1, 0.15) is 5.82 Å². The van der Waals surface area contributed by atoms with Crippen LogP contribution < -0.4 is 5.32 Å². The first kappa shape index (κ1) is 16.0. The second kappa shape index (κ2) is 6.40. The average Bonchev–Trinajstić information content (AvgIpc) is 3.03. The zero-order valence-electron chi connectivity index (χ0n) is 13.9. The number of aromatic nitrogens is 2. The number of nitrogens with zero attached hydrogens (tertiary/aromatic N) is 2. The van der Waals surface area contributed by atoms with E-state index in [4.69, 9.17) is 4.52 Å². The lowest BCUT2D eigenvalue weighted by Crippen LogP contribution is -2.13. The lowest BCUT2D eigenvalue weighted by Gasteiger charge is -2.08. The molecule has 5 nitrogen and oxygen atoms in total. The molecule has 1 amide bonds. The first-order chi connectivity index (χ1) is 12.6. The molecule has 0 fully saturated rings. The molecule has 1 N–H and O–H groups in total. The number of benzene rings is 2. The molecular formula is C20H14FN3O2. The Morgan fingerprint density at radius 1 is 1.08 bits per heavy atom. The zero-order valence-corrected chi connectivity index (χ0v) is 13.9. The third kappa shape index (κ3) is 2.93. The number of anilines is 1. The van der Waals surface area contributed by atoms with Gasteiger partial charge >= 0.3 is 0 Å². The second-order valence-corrected chi connectivity index (χ2v) is 5.83. The fraction of sp³-hybridized carbons (Fsp3) is 0.0500. The van der Waals surface area contributed by atoms with E-state index < -0.39 is 0 Å². The van der Waals surface area contributed by atoms with Crippen molar-refractivity contribution in [1.29, 1.82) is 0 Å². The lowest BCUT2D eigenvalue weighted by atomic mass is 10.0. The Morgan fingerprint density at radius 2 is 1.81 bits per heavy atom. The minimum absolute atomic E-state index is 0.266. The summed E-state index contributed by atoms with van der Waals surface area (Å²) < 4.78 is 18.5. The summed E-state index contributed by atoms with van der Waals surface area (Å²) in [6, 6.07) is 16.7. The van der Waals surface area contributed by atoms with E-state index in [0.717, 1.165) is 0 Å². The molecule has 0 atom stereocenters. The third-order valence-corrected chi connectivity index (χ3v) is 4.03. The maximum absolute atomic E-state index is 13.2. The van der Waals surface area contributed by atoms with Crippen molar-refractivity contribution < 1.29 is 13.7 Å². The van der Waals surface area contributed by atoms with Crippen LogP contribution in [0.25, 0.3) is 22.4 Å². The number of nitrogens with one attached hydrogen (secondary N) is 1. The number of carbonyl (C=O) groups is 1. The largest absolute Gasteiger partial charge is 0.335 e. The lowest BCUT2D eigenvalue weighted by molar-refractivity contribution is 0.102. The van der Waals surface area contributed by atoms with Crippen LogP contribution in [0.15, 0.2) is 65.2 Å². The number of aryl methyl sites for hydroxylation is 1. The monoisotopic (exact) mass is 347 g/mol. The van der Waals surface area contributed by atoms with Crippen molar-refractivity contribution in [1.82, 2.24) is 10.1 Å². The van der Waals surface area contributed by atoms with Crippen molar-refractivity contribution in [3.63, 3.8) is 0 Å². The van der Waals surface area contributed by atoms with Crippen molar-refractivity contribution in [2.24, 2.45) is 0 Å². The fourth-order valence-electron chi connectivity index (χ4n) is 2.76. The van der Waals surface area contributed by atoms with Crippen LogP contribution in [0.2, 0.25) is 0 Å². The van der Waals surface area contributed by atoms with Gasteiger partial charge in [-0.2, -0.15) is 0 Å². The van der Waals surface area contributed by atoms with Crippen molar-refractivity contribution in [3.05, 3.63) is 77.7 Å². The van der Waals surface area contributed by atoms with E-state index in [9.17, 15) is 9.18 Å². The molecule has 2 heterocycles. The van der Waals surface area contributed by atoms with Gasteiger partial charge in [-0.25, -0.2) is 9.37 Å². The Morgan fingerprint density at radius 3 is 2.54 bits per heavy atom. The van der Waals surface area contributed by atoms with Gasteiger partial charge < -0.3 is 9.84 Å². The highest BCUT2D eigenvalue weighted by molar-refractivity contribution is 6.13. The number of fused-ring (bicyclic) bond motifs is 1. The van der Waals surface area contributed by atoms with Crippen LogP contribution in [-0.2, 0) is 0 Å². The summed E-state index contributed by atoms with van der Waals surface area (Å²) in [5.41, 5.74) is 3.11. The molecule has 0 aliphatic rings. The minimum Gasteiger partial charge on any atom is -0.335 e. The molecule has 128 valence electrons. The number of hydrogen-bond donors (Lipinski definition) is 1. The fourth-order valence-corrected chi connectivity index (χ4v) is 2.76. The summed E-state index contributed by atoms with van der Waals surface area (Å²) in [6.07, 6.45) is 0. The number of rotatable bonds is 3. The zero-order chi connectivity index (χ0) is 18.1. The highest BCUT2D eigenvalue weighted by Crippen LogP contribution is 2.27. The predicted molar refractivity (Wildman–Crippen MR) is 96.3 cm³/mol. The molecule has 0 aliphatic heterocycles. The van der Waals surface area contributed by atoms with Gasteiger partial charge in [-0.15, -0.1) is 0 Å². The minimum atomic E-state index is -0.340. The van der Waals surface area contributed by atoms with Gasteiger partial charge in [0.05, 0.1) is 22.3 Å². The van der Waals surface area contributed by atoms with Gasteiger partial charge in [0.25, 0.3) is 11.6 Å². The molecule has 6 heteroatoms. The van der Waals surface area contributed by atoms with Crippen LogP contribution in [0, 0.1) is 12.7 Å². The highest BCUT2D eigenvalue weighted by Gasteiger charge is 2.19. The standard InChI is InChI=1S/C20H14FN3O2/c1-12-18-16(19(25)22-15-5-3-2-4-6-15)11-17(23-20(18)26-24-12)13-7-9-14(21)10-8-13/h2-11H,1H3,(H,22,25). The SMILES string of the molecule is Cc1noc2nc(-c3ccc(F)cc3)cc(C(=O)Nc3ccccc3)c12. The van der Waals surface area contributed by atoms with E-state index in [1.54, 1.807) is 37.3 Å². The van der Waals surface area contributed by atoms with Crippen LogP contribution in [0.3, 0.4) is 0 Å². The van der Waals surface area contributed by atoms with Gasteiger partial charge in [-0.05, 0) is 49.4 Å². The van der Waals surface area contributed by atoms with Crippen molar-refractivity contribution in [3.8, 4) is 11.3 Å². The molecular weight excluding hydrogens is 333 g/mol. The summed E-state index contributed by atoms with van der Waals surface area (Å²) in [5, 5.41) is 7.34. The van der Waals surface area contributed by atoms with Crippen molar-refractivity contribution in [2.75, 3.05) is 5.32 Å². The van der Waals surface area contributed by atoms with E-state index in [1.807, 2.05) is 18.2 Å². The van der Waals surface area contributed by atoms with Gasteiger partial charge in [-0.1, -0.05) is 23.4 Å². The molecule has 2 aromatic carbocycles. The molecule has 0 aliphatic carbocycles. The molecule has 0 spiro atoms. The molecule has 0 saturated heterocycles. The molecule has 26 heavy (non-hydrogen) atoms. The predicted octanol–water partition coefficient (Wildman–Crippen LogP) is 4.59. The summed E-state index contributed by atoms with van der Waals surface area (Å²) in [4.78, 5) is 17.3. The van der Waals surface area contributed by atoms with E-state index in [2.05, 4.69) is 15.5 Å². The summed E-state index contributed by atoms with van der Waals surface area (Å²) in [7, 11) is 0. The van der Waals surface area contributed by atoms with E-state index in [1.165, 1.54) is 12.1 Å². The summed E-state index contributed by atoms with van der Waals surface area (Å²) >= 11 is 0. The Balaban J connectivity index is 1.82. The Hall–Kier alpha value is -3.54. The van der Waals surface area contributed by atoms with Crippen LogP contribution in [0.5, 0.6) is 0 Å². The smallest absolute Gasteiger partial charge is 0.259 e. The van der Waals surface area contributed by atoms with Gasteiger partial charge in [0.15, 0.2) is 0 Å². The van der Waals surface area contributed by atoms with Gasteiger partial charge in [0.2, 0.25) is 0 Å². The number of amides is 1. The Kier molecular flexibility index (Phi) is 3.93. The van der Waals surface area contributed by atoms with Gasteiger partial charge in [0, 0.05) is 11.3 Å². The van der Waals surface area contributed by atoms with Crippen LogP contribution >= 0.6 is 0 Å². The topological polar surface area (TPSA) is 68.0 Å². The summed E-state index contributed by atoms with van der Waals surface area (Å²) in [5.74, 6) is -0.634. The molecule has 0 saturated carbocycles. The van der Waals surface area contributed by atoms with Crippen LogP contribution in [0.4, 0.5) is 10.1 Å². The maximum atomic E-state index is 13.2. The van der Waals surface area contributed by atoms with E-state index in [0.29, 0.717) is 33.6 Å². The van der Waals surface area contributed by atoms with Crippen molar-refractivity contribution in [2.45, 2.75) is 6.92 Å². The maximum Gasteiger partial charge on any atom is 0.259 e. The molecule has 0 radical (unpaired) electrons. The Bertz CT molecular complexity index is 1090. The van der Waals surface area contributed by atoms with Crippen LogP contribution in [0.1, 0.15) is 16.1 Å². The number of halogens is 1. The van der Waals surface area contributed by atoms with E-state index in [-0.39, 0.29) is 17.4 Å². The molecule has 0 bridgehead atoms. The highest BCUT2D eigenvalue weighted by atomic mass is 19.1. The molecule has 4 rings (SSSR count). The summed E-state index contributed by atoms with van der Waals surface area (Å²) in [6.45, 7) is 1.75. The number of carbonyl (C=O) groups excluding carboxylic acids is 1. The third-order valence-electron chi connectivity index (χ3n) is 4.03.